The van der Waals surface area contributed by atoms with Crippen LogP contribution in [0.25, 0.3) is 0 Å². The average molecular weight is 285 g/mol. The Labute approximate surface area is 119 Å². The molecule has 0 unspecified atom stereocenters. The van der Waals surface area contributed by atoms with Crippen molar-refractivity contribution in [1.29, 1.82) is 0 Å². The molecule has 0 aromatic carbocycles. The first-order chi connectivity index (χ1) is 9.17. The number of Topliss-reactive ketones (excluding diaryl/α,β-unsaturated/α-hetero) is 1. The molecule has 1 saturated carbocycles. The lowest BCUT2D eigenvalue weighted by molar-refractivity contribution is -0.154. The molecule has 6 nitrogen and oxygen atoms in total. The van der Waals surface area contributed by atoms with Crippen LogP contribution in [0.5, 0.6) is 0 Å². The van der Waals surface area contributed by atoms with Crippen LogP contribution in [0.15, 0.2) is 0 Å². The Hall–Kier alpha value is -1.59. The van der Waals surface area contributed by atoms with Crippen LogP contribution in [0.3, 0.4) is 0 Å². The fourth-order valence-electron chi connectivity index (χ4n) is 2.06. The highest BCUT2D eigenvalue weighted by atomic mass is 16.6. The molecule has 0 aliphatic heterocycles. The third kappa shape index (κ3) is 4.83. The molecule has 20 heavy (non-hydrogen) atoms. The molecule has 114 valence electrons. The van der Waals surface area contributed by atoms with Gasteiger partial charge in [-0.15, -0.1) is 0 Å². The van der Waals surface area contributed by atoms with Crippen molar-refractivity contribution in [3.05, 3.63) is 0 Å². The number of ether oxygens (including phenoxy) is 2. The third-order valence-electron chi connectivity index (χ3n) is 3.08. The molecule has 1 rings (SSSR count). The summed E-state index contributed by atoms with van der Waals surface area (Å²) in [5.74, 6) is -1.45. The summed E-state index contributed by atoms with van der Waals surface area (Å²) in [6.45, 7) is 7.11. The van der Waals surface area contributed by atoms with Gasteiger partial charge >= 0.3 is 12.1 Å². The Kier molecular flexibility index (Phi) is 5.14. The van der Waals surface area contributed by atoms with Crippen LogP contribution >= 0.6 is 0 Å². The van der Waals surface area contributed by atoms with E-state index in [0.29, 0.717) is 12.8 Å². The summed E-state index contributed by atoms with van der Waals surface area (Å²) in [4.78, 5) is 34.9. The van der Waals surface area contributed by atoms with E-state index in [4.69, 9.17) is 4.74 Å². The molecule has 0 radical (unpaired) electrons. The summed E-state index contributed by atoms with van der Waals surface area (Å²) in [6, 6.07) is 0. The second-order valence-corrected chi connectivity index (χ2v) is 6.08. The van der Waals surface area contributed by atoms with Gasteiger partial charge in [-0.1, -0.05) is 0 Å². The molecular formula is C14H23NO5. The Bertz CT molecular complexity index is 393. The van der Waals surface area contributed by atoms with Gasteiger partial charge in [-0.25, -0.2) is 9.59 Å². The lowest BCUT2D eigenvalue weighted by Gasteiger charge is -2.42. The van der Waals surface area contributed by atoms with Gasteiger partial charge in [0.15, 0.2) is 0 Å². The Morgan fingerprint density at radius 1 is 1.20 bits per heavy atom. The molecule has 0 atom stereocenters. The van der Waals surface area contributed by atoms with Crippen LogP contribution in [0.1, 0.15) is 53.4 Å². The molecule has 1 aliphatic carbocycles. The van der Waals surface area contributed by atoms with Crippen molar-refractivity contribution in [3.63, 3.8) is 0 Å². The number of alkyl carbamates (subject to hydrolysis) is 1. The van der Waals surface area contributed by atoms with E-state index in [1.165, 1.54) is 0 Å². The van der Waals surface area contributed by atoms with Crippen LogP contribution in [0.4, 0.5) is 4.79 Å². The largest absolute Gasteiger partial charge is 0.460 e. The maximum atomic E-state index is 11.8. The van der Waals surface area contributed by atoms with Crippen LogP contribution in [0.2, 0.25) is 0 Å². The van der Waals surface area contributed by atoms with E-state index >= 15 is 0 Å². The second kappa shape index (κ2) is 6.24. The zero-order chi connectivity index (χ0) is 15.4. The maximum absolute atomic E-state index is 11.8. The molecule has 1 aliphatic rings. The number of ketones is 1. The number of amides is 1. The molecule has 1 N–H and O–H groups in total. The van der Waals surface area contributed by atoms with Crippen LogP contribution in [-0.4, -0.2) is 35.6 Å². The van der Waals surface area contributed by atoms with E-state index in [-0.39, 0.29) is 13.0 Å². The van der Waals surface area contributed by atoms with E-state index in [0.717, 1.165) is 6.42 Å². The van der Waals surface area contributed by atoms with E-state index < -0.39 is 29.0 Å². The molecule has 0 bridgehead atoms. The molecule has 0 spiro atoms. The number of rotatable bonds is 5. The van der Waals surface area contributed by atoms with Gasteiger partial charge in [0.2, 0.25) is 5.78 Å². The first-order valence-corrected chi connectivity index (χ1v) is 6.88. The van der Waals surface area contributed by atoms with Crippen molar-refractivity contribution in [2.24, 2.45) is 0 Å². The number of esters is 1. The summed E-state index contributed by atoms with van der Waals surface area (Å²) in [7, 11) is 0. The summed E-state index contributed by atoms with van der Waals surface area (Å²) in [5, 5.41) is 2.72. The lowest BCUT2D eigenvalue weighted by atomic mass is 9.73. The molecule has 0 aromatic heterocycles. The molecule has 0 saturated heterocycles. The number of nitrogens with one attached hydrogen (secondary N) is 1. The second-order valence-electron chi connectivity index (χ2n) is 6.08. The van der Waals surface area contributed by atoms with Crippen LogP contribution in [0, 0.1) is 0 Å². The monoisotopic (exact) mass is 285 g/mol. The van der Waals surface area contributed by atoms with Gasteiger partial charge in [0, 0.05) is 6.42 Å². The molecular weight excluding hydrogens is 262 g/mol. The third-order valence-corrected chi connectivity index (χ3v) is 3.08. The predicted octanol–water partition coefficient (Wildman–Crippen LogP) is 1.96. The fourth-order valence-corrected chi connectivity index (χ4v) is 2.06. The van der Waals surface area contributed by atoms with Gasteiger partial charge in [-0.05, 0) is 47.0 Å². The molecule has 1 amide bonds. The molecule has 6 heteroatoms. The lowest BCUT2D eigenvalue weighted by Crippen LogP contribution is -2.56. The minimum Gasteiger partial charge on any atom is -0.460 e. The average Bonchev–Trinajstić information content (AvgIpc) is 2.23. The van der Waals surface area contributed by atoms with Gasteiger partial charge in [0.1, 0.15) is 5.60 Å². The standard InChI is InChI=1S/C14H23NO5/c1-5-19-11(17)10(16)9-14(7-6-8-14)15-12(18)20-13(2,3)4/h5-9H2,1-4H3,(H,15,18). The topological polar surface area (TPSA) is 81.7 Å². The first-order valence-electron chi connectivity index (χ1n) is 6.88. The van der Waals surface area contributed by atoms with Crippen LogP contribution in [-0.2, 0) is 19.1 Å². The SMILES string of the molecule is CCOC(=O)C(=O)CC1(NC(=O)OC(C)(C)C)CCC1. The smallest absolute Gasteiger partial charge is 0.408 e. The van der Waals surface area contributed by atoms with Crippen molar-refractivity contribution in [2.75, 3.05) is 6.61 Å². The van der Waals surface area contributed by atoms with Gasteiger partial charge < -0.3 is 14.8 Å². The first kappa shape index (κ1) is 16.5. The Balaban J connectivity index is 2.57. The summed E-state index contributed by atoms with van der Waals surface area (Å²) < 4.78 is 9.85. The predicted molar refractivity (Wildman–Crippen MR) is 72.2 cm³/mol. The number of carbonyl (C=O) groups excluding carboxylic acids is 3. The number of carbonyl (C=O) groups is 3. The fraction of sp³-hybridized carbons (Fsp3) is 0.786. The quantitative estimate of drug-likeness (QED) is 0.617. The Morgan fingerprint density at radius 3 is 2.20 bits per heavy atom. The minimum absolute atomic E-state index is 0.0366. The maximum Gasteiger partial charge on any atom is 0.408 e. The zero-order valence-electron chi connectivity index (χ0n) is 12.6. The van der Waals surface area contributed by atoms with Crippen molar-refractivity contribution in [1.82, 2.24) is 5.32 Å². The van der Waals surface area contributed by atoms with Crippen molar-refractivity contribution in [2.45, 2.75) is 64.5 Å². The van der Waals surface area contributed by atoms with Gasteiger partial charge in [0.05, 0.1) is 12.1 Å². The van der Waals surface area contributed by atoms with E-state index in [1.807, 2.05) is 0 Å². The normalized spacial score (nSPS) is 16.8. The highest BCUT2D eigenvalue weighted by Crippen LogP contribution is 2.35. The van der Waals surface area contributed by atoms with Gasteiger partial charge in [-0.2, -0.15) is 0 Å². The zero-order valence-corrected chi connectivity index (χ0v) is 12.6. The molecule has 0 aromatic rings. The van der Waals surface area contributed by atoms with Crippen molar-refractivity contribution in [3.8, 4) is 0 Å². The van der Waals surface area contributed by atoms with Crippen molar-refractivity contribution >= 4 is 17.8 Å². The molecule has 1 fully saturated rings. The number of hydrogen-bond acceptors (Lipinski definition) is 5. The highest BCUT2D eigenvalue weighted by Gasteiger charge is 2.42. The van der Waals surface area contributed by atoms with E-state index in [9.17, 15) is 14.4 Å². The van der Waals surface area contributed by atoms with E-state index in [2.05, 4.69) is 10.1 Å². The van der Waals surface area contributed by atoms with Crippen molar-refractivity contribution < 1.29 is 23.9 Å². The summed E-state index contributed by atoms with van der Waals surface area (Å²) in [6.07, 6.45) is 1.64. The Morgan fingerprint density at radius 2 is 1.80 bits per heavy atom. The molecule has 0 heterocycles. The number of hydrogen-bond donors (Lipinski definition) is 1. The van der Waals surface area contributed by atoms with Gasteiger partial charge in [-0.3, -0.25) is 4.79 Å². The summed E-state index contributed by atoms with van der Waals surface area (Å²) >= 11 is 0. The summed E-state index contributed by atoms with van der Waals surface area (Å²) in [5.41, 5.74) is -1.26. The van der Waals surface area contributed by atoms with Crippen LogP contribution < -0.4 is 5.32 Å². The van der Waals surface area contributed by atoms with Gasteiger partial charge in [0.25, 0.3) is 0 Å². The highest BCUT2D eigenvalue weighted by molar-refractivity contribution is 6.33. The van der Waals surface area contributed by atoms with E-state index in [1.54, 1.807) is 27.7 Å². The minimum atomic E-state index is -0.843.